The van der Waals surface area contributed by atoms with E-state index in [9.17, 15) is 9.59 Å². The van der Waals surface area contributed by atoms with E-state index in [1.165, 1.54) is 0 Å². The van der Waals surface area contributed by atoms with Gasteiger partial charge in [-0.3, -0.25) is 19.6 Å². The molecule has 0 bridgehead atoms. The second-order valence-electron chi connectivity index (χ2n) is 6.87. The number of carbonyl (C=O) groups excluding carboxylic acids is 2. The number of hydrogen-bond donors (Lipinski definition) is 2. The highest BCUT2D eigenvalue weighted by Gasteiger charge is 2.23. The molecule has 1 aromatic carbocycles. The summed E-state index contributed by atoms with van der Waals surface area (Å²) in [4.78, 5) is 36.8. The fourth-order valence-electron chi connectivity index (χ4n) is 3.23. The fourth-order valence-corrected chi connectivity index (χ4v) is 3.45. The van der Waals surface area contributed by atoms with Crippen molar-refractivity contribution >= 4 is 59.0 Å². The molecule has 0 spiro atoms. The Hall–Kier alpha value is -2.40. The lowest BCUT2D eigenvalue weighted by Gasteiger charge is -2.36. The number of hydrogen-bond acceptors (Lipinski definition) is 4. The zero-order chi connectivity index (χ0) is 21.3. The van der Waals surface area contributed by atoms with E-state index in [4.69, 9.17) is 11.6 Å². The van der Waals surface area contributed by atoms with Crippen LogP contribution in [0.15, 0.2) is 53.8 Å². The van der Waals surface area contributed by atoms with E-state index in [0.717, 1.165) is 5.56 Å². The molecule has 3 rings (SSSR count). The van der Waals surface area contributed by atoms with E-state index >= 15 is 0 Å². The van der Waals surface area contributed by atoms with Crippen LogP contribution in [0.5, 0.6) is 0 Å². The van der Waals surface area contributed by atoms with Crippen LogP contribution in [0, 0.1) is 0 Å². The highest BCUT2D eigenvalue weighted by Crippen LogP contribution is 2.13. The number of pyridine rings is 1. The molecule has 2 N–H and O–H groups in total. The number of anilines is 1. The second-order valence-corrected chi connectivity index (χ2v) is 7.30. The molecular weight excluding hydrogens is 531 g/mol. The molecule has 1 aliphatic rings. The van der Waals surface area contributed by atoms with Crippen LogP contribution in [0.25, 0.3) is 0 Å². The average Bonchev–Trinajstić information content (AvgIpc) is 2.75. The van der Waals surface area contributed by atoms with Crippen LogP contribution in [0.3, 0.4) is 0 Å². The highest BCUT2D eigenvalue weighted by molar-refractivity contribution is 14.0. The Morgan fingerprint density at radius 1 is 1.13 bits per heavy atom. The Morgan fingerprint density at radius 2 is 1.87 bits per heavy atom. The number of rotatable bonds is 5. The van der Waals surface area contributed by atoms with Crippen molar-refractivity contribution in [3.8, 4) is 0 Å². The number of carbonyl (C=O) groups is 2. The number of aliphatic imine (C=N–C) groups is 1. The van der Waals surface area contributed by atoms with Gasteiger partial charge in [0.25, 0.3) is 0 Å². The Morgan fingerprint density at radius 3 is 2.52 bits per heavy atom. The van der Waals surface area contributed by atoms with Crippen molar-refractivity contribution in [1.29, 1.82) is 0 Å². The predicted octanol–water partition coefficient (Wildman–Crippen LogP) is 2.25. The summed E-state index contributed by atoms with van der Waals surface area (Å²) in [6.07, 6.45) is 3.57. The van der Waals surface area contributed by atoms with Gasteiger partial charge >= 0.3 is 0 Å². The van der Waals surface area contributed by atoms with E-state index < -0.39 is 0 Å². The smallest absolute Gasteiger partial charge is 0.243 e. The molecule has 0 radical (unpaired) electrons. The molecule has 0 aliphatic carbocycles. The van der Waals surface area contributed by atoms with Gasteiger partial charge in [0.15, 0.2) is 5.96 Å². The molecule has 2 heterocycles. The van der Waals surface area contributed by atoms with Gasteiger partial charge in [-0.15, -0.1) is 24.0 Å². The Bertz CT molecular complexity index is 904. The Kier molecular flexibility index (Phi) is 9.99. The standard InChI is InChI=1S/C21H25ClN6O2.HI/c1-23-21(25-15-19(29)26-18-6-3-7-24-14-18)28-10-8-27(9-11-28)20(30)13-16-4-2-5-17(22)12-16;/h2-7,12,14H,8-11,13,15H2,1H3,(H,23,25)(H,26,29);1H. The maximum atomic E-state index is 12.6. The molecule has 0 saturated carbocycles. The minimum absolute atomic E-state index is 0. The molecule has 1 saturated heterocycles. The van der Waals surface area contributed by atoms with Gasteiger partial charge in [0, 0.05) is 44.4 Å². The summed E-state index contributed by atoms with van der Waals surface area (Å²) in [5.74, 6) is 0.536. The van der Waals surface area contributed by atoms with Crippen molar-refractivity contribution in [1.82, 2.24) is 20.1 Å². The van der Waals surface area contributed by atoms with Gasteiger partial charge in [-0.05, 0) is 29.8 Å². The number of aromatic nitrogens is 1. The van der Waals surface area contributed by atoms with Crippen LogP contribution in [0.1, 0.15) is 5.56 Å². The van der Waals surface area contributed by atoms with Crippen molar-refractivity contribution < 1.29 is 9.59 Å². The molecule has 1 aliphatic heterocycles. The van der Waals surface area contributed by atoms with Crippen LogP contribution in [0.4, 0.5) is 5.69 Å². The molecule has 10 heteroatoms. The summed E-state index contributed by atoms with van der Waals surface area (Å²) in [5.41, 5.74) is 1.55. The van der Waals surface area contributed by atoms with Crippen molar-refractivity contribution in [2.75, 3.05) is 45.1 Å². The molecule has 0 unspecified atom stereocenters. The van der Waals surface area contributed by atoms with E-state index in [2.05, 4.69) is 20.6 Å². The third kappa shape index (κ3) is 7.66. The zero-order valence-corrected chi connectivity index (χ0v) is 20.3. The second kappa shape index (κ2) is 12.5. The minimum atomic E-state index is -0.181. The van der Waals surface area contributed by atoms with Gasteiger partial charge < -0.3 is 20.4 Å². The number of amides is 2. The summed E-state index contributed by atoms with van der Waals surface area (Å²) in [5, 5.41) is 6.48. The van der Waals surface area contributed by atoms with Crippen LogP contribution in [-0.4, -0.2) is 72.3 Å². The molecule has 2 amide bonds. The number of nitrogens with zero attached hydrogens (tertiary/aromatic N) is 4. The largest absolute Gasteiger partial charge is 0.347 e. The van der Waals surface area contributed by atoms with Crippen molar-refractivity contribution in [3.05, 3.63) is 59.4 Å². The molecule has 1 aromatic heterocycles. The van der Waals surface area contributed by atoms with Gasteiger partial charge in [0.1, 0.15) is 0 Å². The normalized spacial score (nSPS) is 13.9. The monoisotopic (exact) mass is 556 g/mol. The number of benzene rings is 1. The molecule has 0 atom stereocenters. The first-order valence-corrected chi connectivity index (χ1v) is 10.1. The fraction of sp³-hybridized carbons (Fsp3) is 0.333. The Labute approximate surface area is 204 Å². The van der Waals surface area contributed by atoms with Gasteiger partial charge in [-0.1, -0.05) is 23.7 Å². The number of nitrogens with one attached hydrogen (secondary N) is 2. The maximum absolute atomic E-state index is 12.6. The first-order chi connectivity index (χ1) is 14.5. The van der Waals surface area contributed by atoms with Crippen LogP contribution in [0.2, 0.25) is 5.02 Å². The van der Waals surface area contributed by atoms with Gasteiger partial charge in [-0.2, -0.15) is 0 Å². The summed E-state index contributed by atoms with van der Waals surface area (Å²) in [6.45, 7) is 2.58. The Balaban J connectivity index is 0.00000341. The quantitative estimate of drug-likeness (QED) is 0.335. The van der Waals surface area contributed by atoms with Crippen molar-refractivity contribution in [2.45, 2.75) is 6.42 Å². The van der Waals surface area contributed by atoms with E-state index in [1.54, 1.807) is 37.6 Å². The molecular formula is C21H26ClIN6O2. The lowest BCUT2D eigenvalue weighted by atomic mass is 10.1. The third-order valence-corrected chi connectivity index (χ3v) is 4.98. The number of piperazine rings is 1. The van der Waals surface area contributed by atoms with Crippen LogP contribution >= 0.6 is 35.6 Å². The van der Waals surface area contributed by atoms with Gasteiger partial charge in [0.05, 0.1) is 24.8 Å². The van der Waals surface area contributed by atoms with E-state index in [-0.39, 0.29) is 42.3 Å². The number of guanidine groups is 1. The van der Waals surface area contributed by atoms with Gasteiger partial charge in [-0.25, -0.2) is 0 Å². The average molecular weight is 557 g/mol. The van der Waals surface area contributed by atoms with E-state index in [0.29, 0.717) is 49.3 Å². The summed E-state index contributed by atoms with van der Waals surface area (Å²) < 4.78 is 0. The van der Waals surface area contributed by atoms with Crippen molar-refractivity contribution in [2.24, 2.45) is 4.99 Å². The van der Waals surface area contributed by atoms with Crippen LogP contribution < -0.4 is 10.6 Å². The molecule has 1 fully saturated rings. The molecule has 2 aromatic rings. The molecule has 166 valence electrons. The SMILES string of the molecule is CN=C(NCC(=O)Nc1cccnc1)N1CCN(C(=O)Cc2cccc(Cl)c2)CC1.I. The predicted molar refractivity (Wildman–Crippen MR) is 133 cm³/mol. The number of halogens is 2. The maximum Gasteiger partial charge on any atom is 0.243 e. The first-order valence-electron chi connectivity index (χ1n) is 9.73. The molecule has 8 nitrogen and oxygen atoms in total. The first kappa shape index (κ1) is 24.9. The molecule has 31 heavy (non-hydrogen) atoms. The lowest BCUT2D eigenvalue weighted by molar-refractivity contribution is -0.131. The third-order valence-electron chi connectivity index (χ3n) is 4.74. The van der Waals surface area contributed by atoms with Crippen molar-refractivity contribution in [3.63, 3.8) is 0 Å². The topological polar surface area (TPSA) is 89.9 Å². The minimum Gasteiger partial charge on any atom is -0.347 e. The van der Waals surface area contributed by atoms with Gasteiger partial charge in [0.2, 0.25) is 11.8 Å². The highest BCUT2D eigenvalue weighted by atomic mass is 127. The summed E-state index contributed by atoms with van der Waals surface area (Å²) in [6, 6.07) is 10.9. The lowest BCUT2D eigenvalue weighted by Crippen LogP contribution is -2.54. The van der Waals surface area contributed by atoms with Crippen LogP contribution in [-0.2, 0) is 16.0 Å². The zero-order valence-electron chi connectivity index (χ0n) is 17.3. The summed E-state index contributed by atoms with van der Waals surface area (Å²) >= 11 is 6.00. The van der Waals surface area contributed by atoms with E-state index in [1.807, 2.05) is 28.0 Å². The summed E-state index contributed by atoms with van der Waals surface area (Å²) in [7, 11) is 1.68.